The monoisotopic (exact) mass is 359 g/mol. The summed E-state index contributed by atoms with van der Waals surface area (Å²) in [6, 6.07) is 13.1. The molecule has 0 saturated heterocycles. The van der Waals surface area contributed by atoms with Crippen LogP contribution in [0.25, 0.3) is 11.4 Å². The van der Waals surface area contributed by atoms with E-state index in [9.17, 15) is 4.79 Å². The second kappa shape index (κ2) is 7.46. The average Bonchev–Trinajstić information content (AvgIpc) is 3.06. The molecular weight excluding hydrogens is 346 g/mol. The molecule has 3 rings (SSSR count). The van der Waals surface area contributed by atoms with Crippen LogP contribution < -0.4 is 5.32 Å². The van der Waals surface area contributed by atoms with E-state index in [0.717, 1.165) is 5.56 Å². The number of halogens is 1. The van der Waals surface area contributed by atoms with Crippen molar-refractivity contribution in [2.24, 2.45) is 0 Å². The number of thioether (sulfide) groups is 1. The van der Waals surface area contributed by atoms with Crippen molar-refractivity contribution in [3.05, 3.63) is 53.8 Å². The predicted octanol–water partition coefficient (Wildman–Crippen LogP) is 3.64. The fourth-order valence-corrected chi connectivity index (χ4v) is 2.84. The molecule has 2 aromatic heterocycles. The molecule has 0 saturated carbocycles. The van der Waals surface area contributed by atoms with Crippen molar-refractivity contribution in [2.75, 3.05) is 5.32 Å². The molecule has 1 amide bonds. The van der Waals surface area contributed by atoms with Crippen molar-refractivity contribution in [1.29, 1.82) is 0 Å². The summed E-state index contributed by atoms with van der Waals surface area (Å²) in [5, 5.41) is 10.2. The average molecular weight is 360 g/mol. The van der Waals surface area contributed by atoms with E-state index in [0.29, 0.717) is 16.7 Å². The minimum Gasteiger partial charge on any atom is -0.322 e. The van der Waals surface area contributed by atoms with Gasteiger partial charge >= 0.3 is 0 Å². The number of rotatable bonds is 5. The number of anilines is 1. The van der Waals surface area contributed by atoms with Crippen molar-refractivity contribution >= 4 is 35.0 Å². The van der Waals surface area contributed by atoms with Crippen molar-refractivity contribution in [1.82, 2.24) is 20.2 Å². The Kier molecular flexibility index (Phi) is 5.12. The molecule has 0 bridgehead atoms. The maximum Gasteiger partial charge on any atom is 0.237 e. The lowest BCUT2D eigenvalue weighted by atomic mass is 10.2. The molecule has 0 radical (unpaired) electrons. The van der Waals surface area contributed by atoms with Gasteiger partial charge in [0.1, 0.15) is 0 Å². The van der Waals surface area contributed by atoms with E-state index in [4.69, 9.17) is 11.6 Å². The number of benzene rings is 1. The number of pyridine rings is 1. The molecule has 2 heterocycles. The largest absolute Gasteiger partial charge is 0.322 e. The summed E-state index contributed by atoms with van der Waals surface area (Å²) < 4.78 is 0. The van der Waals surface area contributed by atoms with Crippen LogP contribution in [-0.4, -0.2) is 31.3 Å². The molecule has 1 atom stereocenters. The first-order valence-corrected chi connectivity index (χ1v) is 8.45. The Morgan fingerprint density at radius 1 is 1.25 bits per heavy atom. The summed E-state index contributed by atoms with van der Waals surface area (Å²) in [7, 11) is 0. The highest BCUT2D eigenvalue weighted by atomic mass is 35.5. The molecule has 0 aliphatic heterocycles. The molecule has 6 nitrogen and oxygen atoms in total. The molecule has 0 aliphatic rings. The molecule has 0 aliphatic carbocycles. The fourth-order valence-electron chi connectivity index (χ4n) is 1.95. The Hall–Kier alpha value is -2.38. The molecule has 3 aromatic rings. The summed E-state index contributed by atoms with van der Waals surface area (Å²) >= 11 is 7.21. The Balaban J connectivity index is 1.65. The third-order valence-corrected chi connectivity index (χ3v) is 4.44. The van der Waals surface area contributed by atoms with Gasteiger partial charge in [-0.3, -0.25) is 9.89 Å². The van der Waals surface area contributed by atoms with Crippen molar-refractivity contribution in [2.45, 2.75) is 17.3 Å². The number of aromatic nitrogens is 4. The van der Waals surface area contributed by atoms with Gasteiger partial charge in [-0.1, -0.05) is 53.7 Å². The Labute approximate surface area is 148 Å². The molecule has 2 N–H and O–H groups in total. The SMILES string of the molecule is C[C@H](Sc1n[nH]c(-c2ccccc2)n1)C(=O)Nc1cccnc1Cl. The summed E-state index contributed by atoms with van der Waals surface area (Å²) in [5.74, 6) is 0.474. The van der Waals surface area contributed by atoms with Gasteiger partial charge in [0.25, 0.3) is 0 Å². The van der Waals surface area contributed by atoms with Gasteiger partial charge in [0.05, 0.1) is 10.9 Å². The zero-order valence-corrected chi connectivity index (χ0v) is 14.3. The smallest absolute Gasteiger partial charge is 0.237 e. The van der Waals surface area contributed by atoms with E-state index in [1.54, 1.807) is 25.3 Å². The molecular formula is C16H14ClN5OS. The third kappa shape index (κ3) is 3.93. The van der Waals surface area contributed by atoms with Gasteiger partial charge in [0.15, 0.2) is 11.0 Å². The first-order chi connectivity index (χ1) is 11.6. The van der Waals surface area contributed by atoms with Crippen LogP contribution in [0.5, 0.6) is 0 Å². The van der Waals surface area contributed by atoms with Crippen LogP contribution in [0, 0.1) is 0 Å². The zero-order valence-electron chi connectivity index (χ0n) is 12.7. The van der Waals surface area contributed by atoms with Crippen LogP contribution in [-0.2, 0) is 4.79 Å². The van der Waals surface area contributed by atoms with Gasteiger partial charge in [-0.05, 0) is 19.1 Å². The Morgan fingerprint density at radius 3 is 2.79 bits per heavy atom. The topological polar surface area (TPSA) is 83.6 Å². The van der Waals surface area contributed by atoms with Crippen molar-refractivity contribution in [3.8, 4) is 11.4 Å². The molecule has 8 heteroatoms. The van der Waals surface area contributed by atoms with Gasteiger partial charge < -0.3 is 5.32 Å². The number of nitrogens with one attached hydrogen (secondary N) is 2. The van der Waals surface area contributed by atoms with Crippen LogP contribution in [0.2, 0.25) is 5.15 Å². The van der Waals surface area contributed by atoms with Gasteiger partial charge in [-0.25, -0.2) is 9.97 Å². The first kappa shape index (κ1) is 16.5. The third-order valence-electron chi connectivity index (χ3n) is 3.18. The van der Waals surface area contributed by atoms with E-state index < -0.39 is 0 Å². The molecule has 24 heavy (non-hydrogen) atoms. The highest BCUT2D eigenvalue weighted by molar-refractivity contribution is 8.00. The Morgan fingerprint density at radius 2 is 2.04 bits per heavy atom. The van der Waals surface area contributed by atoms with E-state index >= 15 is 0 Å². The number of carbonyl (C=O) groups is 1. The van der Waals surface area contributed by atoms with Crippen LogP contribution in [0.3, 0.4) is 0 Å². The molecule has 122 valence electrons. The number of hydrogen-bond donors (Lipinski definition) is 2. The van der Waals surface area contributed by atoms with Gasteiger partial charge in [0.2, 0.25) is 11.1 Å². The van der Waals surface area contributed by atoms with E-state index in [1.165, 1.54) is 11.8 Å². The van der Waals surface area contributed by atoms with Gasteiger partial charge in [0, 0.05) is 11.8 Å². The highest BCUT2D eigenvalue weighted by Gasteiger charge is 2.18. The van der Waals surface area contributed by atoms with Gasteiger partial charge in [-0.15, -0.1) is 5.10 Å². The predicted molar refractivity (Wildman–Crippen MR) is 95.0 cm³/mol. The maximum absolute atomic E-state index is 12.3. The first-order valence-electron chi connectivity index (χ1n) is 7.19. The summed E-state index contributed by atoms with van der Waals surface area (Å²) in [5.41, 5.74) is 1.42. The van der Waals surface area contributed by atoms with E-state index in [1.807, 2.05) is 30.3 Å². The number of H-pyrrole nitrogens is 1. The number of hydrogen-bond acceptors (Lipinski definition) is 5. The minimum atomic E-state index is -0.388. The zero-order chi connectivity index (χ0) is 16.9. The summed E-state index contributed by atoms with van der Waals surface area (Å²) in [6.07, 6.45) is 1.56. The lowest BCUT2D eigenvalue weighted by Crippen LogP contribution is -2.22. The lowest BCUT2D eigenvalue weighted by Gasteiger charge is -2.10. The molecule has 0 spiro atoms. The van der Waals surface area contributed by atoms with Crippen LogP contribution in [0.1, 0.15) is 6.92 Å². The lowest BCUT2D eigenvalue weighted by molar-refractivity contribution is -0.115. The molecule has 0 fully saturated rings. The summed E-state index contributed by atoms with van der Waals surface area (Å²) in [6.45, 7) is 1.78. The second-order valence-corrected chi connectivity index (χ2v) is 6.59. The number of aromatic amines is 1. The van der Waals surface area contributed by atoms with Gasteiger partial charge in [-0.2, -0.15) is 0 Å². The Bertz CT molecular complexity index is 839. The normalized spacial score (nSPS) is 11.9. The highest BCUT2D eigenvalue weighted by Crippen LogP contribution is 2.24. The van der Waals surface area contributed by atoms with E-state index in [2.05, 4.69) is 25.5 Å². The molecule has 0 unspecified atom stereocenters. The van der Waals surface area contributed by atoms with Crippen LogP contribution in [0.15, 0.2) is 53.8 Å². The minimum absolute atomic E-state index is 0.194. The summed E-state index contributed by atoms with van der Waals surface area (Å²) in [4.78, 5) is 20.6. The van der Waals surface area contributed by atoms with Crippen molar-refractivity contribution < 1.29 is 4.79 Å². The maximum atomic E-state index is 12.3. The van der Waals surface area contributed by atoms with Crippen LogP contribution in [0.4, 0.5) is 5.69 Å². The number of amides is 1. The quantitative estimate of drug-likeness (QED) is 0.536. The number of nitrogens with zero attached hydrogens (tertiary/aromatic N) is 3. The van der Waals surface area contributed by atoms with Crippen LogP contribution >= 0.6 is 23.4 Å². The fraction of sp³-hybridized carbons (Fsp3) is 0.125. The number of carbonyl (C=O) groups excluding carboxylic acids is 1. The molecule has 1 aromatic carbocycles. The van der Waals surface area contributed by atoms with Crippen molar-refractivity contribution in [3.63, 3.8) is 0 Å². The second-order valence-electron chi connectivity index (χ2n) is 4.92. The standard InChI is InChI=1S/C16H14ClN5OS/c1-10(15(23)19-12-8-5-9-18-13(12)17)24-16-20-14(21-22-16)11-6-3-2-4-7-11/h2-10H,1H3,(H,19,23)(H,20,21,22)/t10-/m0/s1. The van der Waals surface area contributed by atoms with E-state index in [-0.39, 0.29) is 16.3 Å².